The predicted octanol–water partition coefficient (Wildman–Crippen LogP) is 5.69. The van der Waals surface area contributed by atoms with E-state index in [0.717, 1.165) is 5.57 Å². The Balaban J connectivity index is 1.85. The Labute approximate surface area is 189 Å². The van der Waals surface area contributed by atoms with Crippen LogP contribution in [0.3, 0.4) is 0 Å². The van der Waals surface area contributed by atoms with E-state index in [9.17, 15) is 4.79 Å². The Morgan fingerprint density at radius 2 is 1.90 bits per heavy atom. The standard InChI is InChI=1S/C26H42O4Si/c1-12-16(2)18-24(8)21(27)25(9)20-23(24,7)19(30-18)17(3)13-26(20,14-28-25)15-29-31(10,11)22(4,5)6/h12-13,18-20H,14-15H2,1-11H3/b16-12+/t18-,19-,20+,23-,24+,25+,26-/m0/s1. The lowest BCUT2D eigenvalue weighted by molar-refractivity contribution is -0.145. The van der Waals surface area contributed by atoms with E-state index in [1.165, 1.54) is 5.57 Å². The lowest BCUT2D eigenvalue weighted by atomic mass is 9.51. The first-order chi connectivity index (χ1) is 14.0. The zero-order chi connectivity index (χ0) is 23.4. The molecule has 5 heteroatoms. The van der Waals surface area contributed by atoms with Crippen molar-refractivity contribution in [2.45, 2.75) is 98.3 Å². The van der Waals surface area contributed by atoms with Crippen LogP contribution in [0.25, 0.3) is 0 Å². The van der Waals surface area contributed by atoms with E-state index in [2.05, 4.69) is 73.7 Å². The summed E-state index contributed by atoms with van der Waals surface area (Å²) in [4.78, 5) is 14.2. The molecule has 7 atom stereocenters. The molecule has 1 saturated carbocycles. The minimum atomic E-state index is -1.95. The maximum Gasteiger partial charge on any atom is 0.192 e. The number of ketones is 1. The van der Waals surface area contributed by atoms with Crippen LogP contribution in [-0.4, -0.2) is 45.1 Å². The number of rotatable bonds is 4. The molecule has 0 N–H and O–H groups in total. The lowest BCUT2D eigenvalue weighted by Crippen LogP contribution is -2.55. The van der Waals surface area contributed by atoms with E-state index < -0.39 is 19.3 Å². The molecule has 2 saturated heterocycles. The molecule has 2 heterocycles. The second kappa shape index (κ2) is 6.43. The highest BCUT2D eigenvalue weighted by molar-refractivity contribution is 6.74. The van der Waals surface area contributed by atoms with Gasteiger partial charge in [-0.3, -0.25) is 4.79 Å². The van der Waals surface area contributed by atoms with E-state index in [1.807, 2.05) is 13.8 Å². The molecule has 0 bridgehead atoms. The summed E-state index contributed by atoms with van der Waals surface area (Å²) in [6, 6.07) is 0. The van der Waals surface area contributed by atoms with Gasteiger partial charge in [0.1, 0.15) is 5.60 Å². The summed E-state index contributed by atoms with van der Waals surface area (Å²) >= 11 is 0. The Kier molecular flexibility index (Phi) is 4.85. The number of Topliss-reactive ketones (excluding diaryl/α,β-unsaturated/α-hetero) is 1. The Hall–Kier alpha value is -0.753. The van der Waals surface area contributed by atoms with Gasteiger partial charge in [-0.15, -0.1) is 0 Å². The summed E-state index contributed by atoms with van der Waals surface area (Å²) in [6.07, 6.45) is 4.16. The topological polar surface area (TPSA) is 44.8 Å². The lowest BCUT2D eigenvalue weighted by Gasteiger charge is -2.51. The summed E-state index contributed by atoms with van der Waals surface area (Å²) in [5.74, 6) is 0.247. The minimum absolute atomic E-state index is 0.0399. The number of hydrogen-bond acceptors (Lipinski definition) is 4. The van der Waals surface area contributed by atoms with Gasteiger partial charge >= 0.3 is 0 Å². The summed E-state index contributed by atoms with van der Waals surface area (Å²) in [7, 11) is -1.95. The third-order valence-corrected chi connectivity index (χ3v) is 14.5. The average molecular weight is 447 g/mol. The van der Waals surface area contributed by atoms with Gasteiger partial charge in [-0.25, -0.2) is 0 Å². The molecule has 0 aromatic rings. The van der Waals surface area contributed by atoms with E-state index in [1.54, 1.807) is 0 Å². The second-order valence-electron chi connectivity index (χ2n) is 12.7. The van der Waals surface area contributed by atoms with Crippen LogP contribution in [0, 0.1) is 22.2 Å². The first kappa shape index (κ1) is 23.4. The Bertz CT molecular complexity index is 882. The molecule has 0 radical (unpaired) electrons. The summed E-state index contributed by atoms with van der Waals surface area (Å²) in [5, 5.41) is 0.136. The van der Waals surface area contributed by atoms with E-state index in [0.29, 0.717) is 13.2 Å². The van der Waals surface area contributed by atoms with Crippen LogP contribution in [0.5, 0.6) is 0 Å². The Morgan fingerprint density at radius 1 is 1.29 bits per heavy atom. The highest BCUT2D eigenvalue weighted by atomic mass is 28.4. The quantitative estimate of drug-likeness (QED) is 0.411. The van der Waals surface area contributed by atoms with Crippen molar-refractivity contribution >= 4 is 14.1 Å². The maximum absolute atomic E-state index is 14.2. The fraction of sp³-hybridized carbons (Fsp3) is 0.808. The van der Waals surface area contributed by atoms with E-state index in [-0.39, 0.29) is 39.8 Å². The van der Waals surface area contributed by atoms with Crippen LogP contribution < -0.4 is 0 Å². The molecular formula is C26H42O4Si. The zero-order valence-corrected chi connectivity index (χ0v) is 22.4. The molecule has 0 spiro atoms. The van der Waals surface area contributed by atoms with Crippen LogP contribution in [0.4, 0.5) is 0 Å². The first-order valence-corrected chi connectivity index (χ1v) is 14.7. The molecule has 3 fully saturated rings. The van der Waals surface area contributed by atoms with Gasteiger partial charge in [0.2, 0.25) is 0 Å². The third kappa shape index (κ3) is 2.55. The molecule has 174 valence electrons. The molecule has 0 unspecified atom stereocenters. The molecule has 2 aliphatic heterocycles. The predicted molar refractivity (Wildman–Crippen MR) is 126 cm³/mol. The van der Waals surface area contributed by atoms with Crippen molar-refractivity contribution in [1.82, 2.24) is 0 Å². The smallest absolute Gasteiger partial charge is 0.192 e. The summed E-state index contributed by atoms with van der Waals surface area (Å²) < 4.78 is 20.0. The van der Waals surface area contributed by atoms with Gasteiger partial charge < -0.3 is 13.9 Å². The second-order valence-corrected chi connectivity index (χ2v) is 17.6. The normalized spacial score (nSPS) is 47.1. The van der Waals surface area contributed by atoms with Crippen LogP contribution in [0.15, 0.2) is 23.3 Å². The number of carbonyl (C=O) groups excluding carboxylic acids is 1. The maximum atomic E-state index is 14.2. The first-order valence-electron chi connectivity index (χ1n) is 11.8. The molecular weight excluding hydrogens is 404 g/mol. The molecule has 2 aliphatic carbocycles. The SMILES string of the molecule is C/C=C(\C)[C@@H]1O[C@H]2C(C)=C[C@@]3(CO[Si](C)(C)C(C)(C)C)CO[C@@]4(C)C(=O)[C@]1(C)[C@]2(C)[C@@H]34. The molecule has 0 aromatic heterocycles. The number of hydrogen-bond donors (Lipinski definition) is 0. The monoisotopic (exact) mass is 446 g/mol. The molecule has 4 rings (SSSR count). The molecule has 4 nitrogen and oxygen atoms in total. The number of allylic oxidation sites excluding steroid dienone is 1. The van der Waals surface area contributed by atoms with E-state index >= 15 is 0 Å². The fourth-order valence-corrected chi connectivity index (χ4v) is 8.37. The van der Waals surface area contributed by atoms with Crippen molar-refractivity contribution < 1.29 is 18.7 Å². The fourth-order valence-electron chi connectivity index (χ4n) is 7.31. The van der Waals surface area contributed by atoms with Gasteiger partial charge in [-0.05, 0) is 63.9 Å². The minimum Gasteiger partial charge on any atom is -0.416 e. The molecule has 0 aromatic carbocycles. The van der Waals surface area contributed by atoms with Crippen LogP contribution in [0.1, 0.15) is 62.3 Å². The van der Waals surface area contributed by atoms with Crippen molar-refractivity contribution in [3.63, 3.8) is 0 Å². The van der Waals surface area contributed by atoms with Crippen molar-refractivity contribution in [3.05, 3.63) is 23.3 Å². The zero-order valence-electron chi connectivity index (χ0n) is 21.4. The van der Waals surface area contributed by atoms with Crippen LogP contribution >= 0.6 is 0 Å². The van der Waals surface area contributed by atoms with Crippen LogP contribution in [-0.2, 0) is 18.7 Å². The molecule has 4 aliphatic rings. The van der Waals surface area contributed by atoms with Crippen molar-refractivity contribution in [2.24, 2.45) is 22.2 Å². The largest absolute Gasteiger partial charge is 0.416 e. The van der Waals surface area contributed by atoms with Crippen molar-refractivity contribution in [2.75, 3.05) is 13.2 Å². The van der Waals surface area contributed by atoms with Gasteiger partial charge in [-0.1, -0.05) is 39.8 Å². The average Bonchev–Trinajstić information content (AvgIpc) is 3.14. The summed E-state index contributed by atoms with van der Waals surface area (Å²) in [6.45, 7) is 25.3. The molecule has 31 heavy (non-hydrogen) atoms. The van der Waals surface area contributed by atoms with Gasteiger partial charge in [-0.2, -0.15) is 0 Å². The third-order valence-electron chi connectivity index (χ3n) is 10.1. The van der Waals surface area contributed by atoms with Gasteiger partial charge in [0.05, 0.1) is 24.2 Å². The van der Waals surface area contributed by atoms with Gasteiger partial charge in [0.15, 0.2) is 14.1 Å². The number of carbonyl (C=O) groups is 1. The van der Waals surface area contributed by atoms with Gasteiger partial charge in [0.25, 0.3) is 0 Å². The summed E-state index contributed by atoms with van der Waals surface area (Å²) in [5.41, 5.74) is 0.302. The molecule has 0 amide bonds. The van der Waals surface area contributed by atoms with Crippen molar-refractivity contribution in [1.29, 1.82) is 0 Å². The van der Waals surface area contributed by atoms with Crippen LogP contribution in [0.2, 0.25) is 18.1 Å². The Morgan fingerprint density at radius 3 is 2.45 bits per heavy atom. The highest BCUT2D eigenvalue weighted by Crippen LogP contribution is 2.76. The number of ether oxygens (including phenoxy) is 2. The highest BCUT2D eigenvalue weighted by Gasteiger charge is 2.84. The van der Waals surface area contributed by atoms with Gasteiger partial charge in [0, 0.05) is 23.4 Å². The van der Waals surface area contributed by atoms with E-state index in [4.69, 9.17) is 13.9 Å². The van der Waals surface area contributed by atoms with Crippen molar-refractivity contribution in [3.8, 4) is 0 Å².